The number of carbonyl (C=O) groups excluding carboxylic acids is 5. The number of fused-ring (bicyclic) bond motifs is 1. The van der Waals surface area contributed by atoms with Crippen LogP contribution in [-0.4, -0.2) is 64.6 Å². The van der Waals surface area contributed by atoms with Crippen molar-refractivity contribution in [2.24, 2.45) is 11.8 Å². The Labute approximate surface area is 248 Å². The maximum absolute atomic E-state index is 13.5. The van der Waals surface area contributed by atoms with Crippen LogP contribution in [0.3, 0.4) is 0 Å². The van der Waals surface area contributed by atoms with Gasteiger partial charge in [0.25, 0.3) is 5.91 Å². The Morgan fingerprint density at radius 3 is 2.57 bits per heavy atom. The van der Waals surface area contributed by atoms with Crippen LogP contribution in [0.1, 0.15) is 83.6 Å². The van der Waals surface area contributed by atoms with Crippen LogP contribution in [0.25, 0.3) is 0 Å². The minimum Gasteiger partial charge on any atom is -0.466 e. The number of ether oxygens (including phenoxy) is 2. The molecule has 1 aromatic heterocycles. The predicted octanol–water partition coefficient (Wildman–Crippen LogP) is 4.73. The lowest BCUT2D eigenvalue weighted by Gasteiger charge is -2.35. The van der Waals surface area contributed by atoms with Crippen molar-refractivity contribution < 1.29 is 33.4 Å². The number of hydrogen-bond acceptors (Lipinski definition) is 8. The quantitative estimate of drug-likeness (QED) is 0.279. The Morgan fingerprint density at radius 1 is 1.02 bits per heavy atom. The van der Waals surface area contributed by atoms with Crippen LogP contribution in [0.5, 0.6) is 0 Å². The van der Waals surface area contributed by atoms with Crippen molar-refractivity contribution in [1.29, 1.82) is 0 Å². The molecule has 42 heavy (non-hydrogen) atoms. The maximum atomic E-state index is 13.5. The molecule has 0 saturated carbocycles. The molecule has 0 aliphatic carbocycles. The van der Waals surface area contributed by atoms with Gasteiger partial charge in [0.1, 0.15) is 12.1 Å². The Morgan fingerprint density at radius 2 is 1.83 bits per heavy atom. The molecule has 2 unspecified atom stereocenters. The summed E-state index contributed by atoms with van der Waals surface area (Å²) in [6.07, 6.45) is 10.8. The summed E-state index contributed by atoms with van der Waals surface area (Å²) in [6, 6.07) is 2.95. The Kier molecular flexibility index (Phi) is 13.1. The maximum Gasteiger partial charge on any atom is 0.329 e. The third-order valence-electron chi connectivity index (χ3n) is 8.04. The second kappa shape index (κ2) is 16.7. The first-order chi connectivity index (χ1) is 20.2. The SMILES string of the molecule is C=CCC1=CC(C)CCOC(=O)CCC(=O)C(=O)N2CCCC[C@H]2C(=O)OC(CCc2cccnc2)[C@H](C)CCC1=O. The van der Waals surface area contributed by atoms with Gasteiger partial charge < -0.3 is 14.4 Å². The highest BCUT2D eigenvalue weighted by atomic mass is 16.5. The number of amides is 1. The molecular formula is C33H44N2O7. The number of esters is 2. The fourth-order valence-corrected chi connectivity index (χ4v) is 5.44. The minimum absolute atomic E-state index is 0.0138. The number of piperidine rings is 1. The van der Waals surface area contributed by atoms with Gasteiger partial charge in [-0.05, 0) is 80.4 Å². The van der Waals surface area contributed by atoms with Crippen molar-refractivity contribution in [2.75, 3.05) is 13.2 Å². The normalized spacial score (nSPS) is 26.0. The fourth-order valence-electron chi connectivity index (χ4n) is 5.44. The summed E-state index contributed by atoms with van der Waals surface area (Å²) in [6.45, 7) is 8.13. The number of Topliss-reactive ketones (excluding diaryl/α,β-unsaturated/α-hetero) is 2. The third kappa shape index (κ3) is 10.0. The van der Waals surface area contributed by atoms with Gasteiger partial charge in [-0.25, -0.2) is 4.79 Å². The lowest BCUT2D eigenvalue weighted by molar-refractivity contribution is -0.165. The van der Waals surface area contributed by atoms with Crippen molar-refractivity contribution >= 4 is 29.4 Å². The molecule has 9 heteroatoms. The van der Waals surface area contributed by atoms with Crippen LogP contribution in [-0.2, 0) is 39.9 Å². The molecule has 2 aliphatic heterocycles. The van der Waals surface area contributed by atoms with Gasteiger partial charge in [-0.15, -0.1) is 6.58 Å². The zero-order chi connectivity index (χ0) is 30.5. The number of ketones is 2. The Bertz CT molecular complexity index is 1150. The van der Waals surface area contributed by atoms with E-state index in [1.54, 1.807) is 18.5 Å². The second-order valence-electron chi connectivity index (χ2n) is 11.4. The molecule has 0 spiro atoms. The van der Waals surface area contributed by atoms with Gasteiger partial charge in [-0.1, -0.05) is 32.1 Å². The van der Waals surface area contributed by atoms with Crippen molar-refractivity contribution in [3.8, 4) is 0 Å². The van der Waals surface area contributed by atoms with E-state index in [1.807, 2.05) is 32.1 Å². The number of pyridine rings is 1. The summed E-state index contributed by atoms with van der Waals surface area (Å²) >= 11 is 0. The number of nitrogens with zero attached hydrogens (tertiary/aromatic N) is 2. The summed E-state index contributed by atoms with van der Waals surface area (Å²) in [5.74, 6) is -2.72. The fraction of sp³-hybridized carbons (Fsp3) is 0.576. The molecule has 0 radical (unpaired) electrons. The number of rotatable bonds is 5. The summed E-state index contributed by atoms with van der Waals surface area (Å²) in [4.78, 5) is 70.3. The molecular weight excluding hydrogens is 536 g/mol. The number of aryl methyl sites for hydroxylation is 1. The first-order valence-electron chi connectivity index (χ1n) is 15.1. The van der Waals surface area contributed by atoms with Crippen LogP contribution in [0.15, 0.2) is 48.8 Å². The summed E-state index contributed by atoms with van der Waals surface area (Å²) in [5.41, 5.74) is 1.67. The lowest BCUT2D eigenvalue weighted by atomic mass is 9.90. The number of cyclic esters (lactones) is 2. The lowest BCUT2D eigenvalue weighted by Crippen LogP contribution is -2.51. The van der Waals surface area contributed by atoms with E-state index in [4.69, 9.17) is 9.47 Å². The highest BCUT2D eigenvalue weighted by molar-refractivity contribution is 6.36. The monoisotopic (exact) mass is 580 g/mol. The van der Waals surface area contributed by atoms with Crippen LogP contribution < -0.4 is 0 Å². The second-order valence-corrected chi connectivity index (χ2v) is 11.4. The topological polar surface area (TPSA) is 120 Å². The molecule has 4 atom stereocenters. The van der Waals surface area contributed by atoms with Gasteiger partial charge >= 0.3 is 11.9 Å². The number of aromatic nitrogens is 1. The zero-order valence-electron chi connectivity index (χ0n) is 24.9. The standard InChI is InChI=1S/C33H44N2O7/c1-4-8-26-21-23(2)17-20-41-31(38)16-14-29(37)32(39)35-19-6-5-10-27(35)33(40)42-30(24(3)11-13-28(26)36)15-12-25-9-7-18-34-22-25/h4,7,9,18,21-24,27,30H,1,5-6,8,10-17,19-20H2,2-3H3/t23?,24-,27+,30?/m1/s1. The van der Waals surface area contributed by atoms with Gasteiger partial charge in [0, 0.05) is 31.8 Å². The predicted molar refractivity (Wildman–Crippen MR) is 157 cm³/mol. The molecule has 1 saturated heterocycles. The molecule has 0 bridgehead atoms. The molecule has 0 N–H and O–H groups in total. The van der Waals surface area contributed by atoms with Gasteiger partial charge in [-0.3, -0.25) is 24.2 Å². The van der Waals surface area contributed by atoms with E-state index in [0.29, 0.717) is 50.5 Å². The highest BCUT2D eigenvalue weighted by Crippen LogP contribution is 2.26. The van der Waals surface area contributed by atoms with E-state index in [0.717, 1.165) is 12.0 Å². The summed E-state index contributed by atoms with van der Waals surface area (Å²) in [5, 5.41) is 0. The Hall–Kier alpha value is -3.62. The van der Waals surface area contributed by atoms with E-state index >= 15 is 0 Å². The van der Waals surface area contributed by atoms with Crippen molar-refractivity contribution in [1.82, 2.24) is 9.88 Å². The molecule has 9 nitrogen and oxygen atoms in total. The Balaban J connectivity index is 1.86. The van der Waals surface area contributed by atoms with Gasteiger partial charge in [0.15, 0.2) is 5.78 Å². The van der Waals surface area contributed by atoms with Crippen LogP contribution in [0, 0.1) is 11.8 Å². The number of carbonyl (C=O) groups is 5. The molecule has 1 aromatic rings. The largest absolute Gasteiger partial charge is 0.466 e. The van der Waals surface area contributed by atoms with Crippen LogP contribution in [0.2, 0.25) is 0 Å². The highest BCUT2D eigenvalue weighted by Gasteiger charge is 2.37. The van der Waals surface area contributed by atoms with Crippen molar-refractivity contribution in [2.45, 2.75) is 96.6 Å². The minimum atomic E-state index is -0.869. The third-order valence-corrected chi connectivity index (χ3v) is 8.04. The molecule has 228 valence electrons. The van der Waals surface area contributed by atoms with E-state index in [1.165, 1.54) is 4.90 Å². The molecule has 0 aromatic carbocycles. The van der Waals surface area contributed by atoms with Gasteiger partial charge in [-0.2, -0.15) is 0 Å². The van der Waals surface area contributed by atoms with Crippen molar-refractivity contribution in [3.63, 3.8) is 0 Å². The van der Waals surface area contributed by atoms with E-state index in [-0.39, 0.29) is 50.0 Å². The number of allylic oxidation sites excluding steroid dienone is 3. The van der Waals surface area contributed by atoms with E-state index < -0.39 is 35.8 Å². The summed E-state index contributed by atoms with van der Waals surface area (Å²) in [7, 11) is 0. The first kappa shape index (κ1) is 32.9. The van der Waals surface area contributed by atoms with E-state index in [9.17, 15) is 24.0 Å². The average molecular weight is 581 g/mol. The smallest absolute Gasteiger partial charge is 0.329 e. The first-order valence-corrected chi connectivity index (χ1v) is 15.1. The van der Waals surface area contributed by atoms with Gasteiger partial charge in [0.05, 0.1) is 13.0 Å². The average Bonchev–Trinajstić information content (AvgIpc) is 2.99. The summed E-state index contributed by atoms with van der Waals surface area (Å²) < 4.78 is 11.4. The van der Waals surface area contributed by atoms with Crippen LogP contribution in [0.4, 0.5) is 0 Å². The molecule has 2 aliphatic rings. The van der Waals surface area contributed by atoms with E-state index in [2.05, 4.69) is 11.6 Å². The molecule has 1 fully saturated rings. The van der Waals surface area contributed by atoms with Gasteiger partial charge in [0.2, 0.25) is 5.78 Å². The molecule has 3 heterocycles. The van der Waals surface area contributed by atoms with Crippen LogP contribution >= 0.6 is 0 Å². The number of hydrogen-bond donors (Lipinski definition) is 0. The molecule has 3 rings (SSSR count). The zero-order valence-corrected chi connectivity index (χ0v) is 24.9. The van der Waals surface area contributed by atoms with Crippen molar-refractivity contribution in [3.05, 3.63) is 54.4 Å². The molecule has 1 amide bonds.